The van der Waals surface area contributed by atoms with Crippen molar-refractivity contribution in [1.82, 2.24) is 0 Å². The molecule has 140 valence electrons. The summed E-state index contributed by atoms with van der Waals surface area (Å²) in [5.41, 5.74) is 5.08. The average molecular weight is 373 g/mol. The van der Waals surface area contributed by atoms with Crippen LogP contribution in [0.15, 0.2) is 72.8 Å². The Morgan fingerprint density at radius 1 is 0.821 bits per heavy atom. The van der Waals surface area contributed by atoms with E-state index in [4.69, 9.17) is 10.5 Å². The van der Waals surface area contributed by atoms with Crippen molar-refractivity contribution in [3.05, 3.63) is 83.9 Å². The molecule has 0 bridgehead atoms. The maximum atomic E-state index is 11.9. The highest BCUT2D eigenvalue weighted by Crippen LogP contribution is 2.45. The molecule has 1 amide bonds. The van der Waals surface area contributed by atoms with Crippen molar-refractivity contribution >= 4 is 27.6 Å². The summed E-state index contributed by atoms with van der Waals surface area (Å²) in [6.45, 7) is 1.69. The fourth-order valence-corrected chi connectivity index (χ4v) is 3.90. The second kappa shape index (κ2) is 6.46. The van der Waals surface area contributed by atoms with Gasteiger partial charge in [0.05, 0.1) is 0 Å². The number of hydrogen-bond donors (Lipinski definition) is 3. The highest BCUT2D eigenvalue weighted by Gasteiger charge is 2.38. The van der Waals surface area contributed by atoms with Gasteiger partial charge in [0.2, 0.25) is 0 Å². The van der Waals surface area contributed by atoms with E-state index in [-0.39, 0.29) is 11.5 Å². The zero-order valence-electron chi connectivity index (χ0n) is 15.2. The standard InChI is InChI=1S/C23H19NO4/c1-23(28-22(24)27,18-11-13-19(25)17-9-5-4-8-16(17)18)21-15-7-3-2-6-14(15)10-12-20(21)26/h2-13,25-26H,1H3,(H2,24,27). The molecule has 4 aromatic carbocycles. The van der Waals surface area contributed by atoms with Crippen LogP contribution < -0.4 is 5.73 Å². The number of carbonyl (C=O) groups excluding carboxylic acids is 1. The molecule has 0 fully saturated rings. The van der Waals surface area contributed by atoms with Crippen LogP contribution in [0, 0.1) is 0 Å². The lowest BCUT2D eigenvalue weighted by Gasteiger charge is -2.32. The van der Waals surface area contributed by atoms with Crippen LogP contribution in [0.4, 0.5) is 4.79 Å². The van der Waals surface area contributed by atoms with E-state index < -0.39 is 11.7 Å². The van der Waals surface area contributed by atoms with Crippen molar-refractivity contribution < 1.29 is 19.7 Å². The normalized spacial score (nSPS) is 13.3. The first-order valence-corrected chi connectivity index (χ1v) is 8.82. The predicted molar refractivity (Wildman–Crippen MR) is 108 cm³/mol. The molecule has 4 rings (SSSR count). The maximum absolute atomic E-state index is 11.9. The number of phenolic OH excluding ortho intramolecular Hbond substituents is 2. The SMILES string of the molecule is CC(OC(N)=O)(c1c(O)ccc2ccccc12)c1ccc(O)c2ccccc12. The molecule has 0 radical (unpaired) electrons. The van der Waals surface area contributed by atoms with Gasteiger partial charge in [-0.3, -0.25) is 0 Å². The Hall–Kier alpha value is -3.73. The van der Waals surface area contributed by atoms with Crippen LogP contribution in [0.3, 0.4) is 0 Å². The van der Waals surface area contributed by atoms with E-state index in [9.17, 15) is 15.0 Å². The van der Waals surface area contributed by atoms with Gasteiger partial charge < -0.3 is 20.7 Å². The minimum Gasteiger partial charge on any atom is -0.507 e. The number of nitrogens with two attached hydrogens (primary N) is 1. The lowest BCUT2D eigenvalue weighted by atomic mass is 9.81. The number of benzene rings is 4. The minimum atomic E-state index is -1.38. The summed E-state index contributed by atoms with van der Waals surface area (Å²) in [6, 6.07) is 21.4. The highest BCUT2D eigenvalue weighted by atomic mass is 16.6. The molecule has 1 atom stereocenters. The number of amides is 1. The molecule has 0 aliphatic carbocycles. The topological polar surface area (TPSA) is 92.8 Å². The number of rotatable bonds is 3. The molecule has 5 nitrogen and oxygen atoms in total. The number of primary amides is 1. The van der Waals surface area contributed by atoms with Crippen LogP contribution in [0.1, 0.15) is 18.1 Å². The third-order valence-corrected chi connectivity index (χ3v) is 5.10. The third kappa shape index (κ3) is 2.68. The van der Waals surface area contributed by atoms with Crippen LogP contribution in [0.2, 0.25) is 0 Å². The van der Waals surface area contributed by atoms with E-state index in [1.54, 1.807) is 37.3 Å². The Bertz CT molecular complexity index is 1220. The Balaban J connectivity index is 2.13. The summed E-state index contributed by atoms with van der Waals surface area (Å²) >= 11 is 0. The zero-order valence-corrected chi connectivity index (χ0v) is 15.2. The van der Waals surface area contributed by atoms with Gasteiger partial charge in [-0.25, -0.2) is 4.79 Å². The molecular formula is C23H19NO4. The molecule has 0 saturated heterocycles. The maximum Gasteiger partial charge on any atom is 0.405 e. The molecule has 5 heteroatoms. The van der Waals surface area contributed by atoms with Gasteiger partial charge in [0.1, 0.15) is 11.5 Å². The Kier molecular flexibility index (Phi) is 4.08. The van der Waals surface area contributed by atoms with E-state index in [0.29, 0.717) is 21.9 Å². The summed E-state index contributed by atoms with van der Waals surface area (Å²) in [5.74, 6) is 0.0996. The Morgan fingerprint density at radius 2 is 1.43 bits per heavy atom. The molecule has 0 aromatic heterocycles. The van der Waals surface area contributed by atoms with Crippen molar-refractivity contribution in [1.29, 1.82) is 0 Å². The summed E-state index contributed by atoms with van der Waals surface area (Å²) < 4.78 is 5.64. The predicted octanol–water partition coefficient (Wildman–Crippen LogP) is 4.76. The van der Waals surface area contributed by atoms with Gasteiger partial charge in [0.25, 0.3) is 0 Å². The molecule has 28 heavy (non-hydrogen) atoms. The lowest BCUT2D eigenvalue weighted by Crippen LogP contribution is -2.33. The number of aromatic hydroxyl groups is 2. The molecule has 0 aliphatic heterocycles. The summed E-state index contributed by atoms with van der Waals surface area (Å²) in [7, 11) is 0. The second-order valence-corrected chi connectivity index (χ2v) is 6.81. The van der Waals surface area contributed by atoms with Crippen molar-refractivity contribution in [2.45, 2.75) is 12.5 Å². The van der Waals surface area contributed by atoms with Crippen molar-refractivity contribution in [3.8, 4) is 11.5 Å². The van der Waals surface area contributed by atoms with E-state index in [1.807, 2.05) is 42.5 Å². The first-order chi connectivity index (χ1) is 13.4. The first kappa shape index (κ1) is 17.7. The zero-order chi connectivity index (χ0) is 19.9. The van der Waals surface area contributed by atoms with E-state index in [1.165, 1.54) is 0 Å². The van der Waals surface area contributed by atoms with E-state index in [2.05, 4.69) is 0 Å². The van der Waals surface area contributed by atoms with Crippen molar-refractivity contribution in [2.24, 2.45) is 5.73 Å². The molecule has 1 unspecified atom stereocenters. The number of phenols is 2. The number of ether oxygens (including phenoxy) is 1. The summed E-state index contributed by atoms with van der Waals surface area (Å²) in [4.78, 5) is 11.9. The minimum absolute atomic E-state index is 0.0143. The molecule has 0 heterocycles. The van der Waals surface area contributed by atoms with Gasteiger partial charge in [-0.2, -0.15) is 0 Å². The monoisotopic (exact) mass is 373 g/mol. The lowest BCUT2D eigenvalue weighted by molar-refractivity contribution is 0.0600. The largest absolute Gasteiger partial charge is 0.507 e. The number of hydrogen-bond acceptors (Lipinski definition) is 4. The van der Waals surface area contributed by atoms with Gasteiger partial charge >= 0.3 is 6.09 Å². The fourth-order valence-electron chi connectivity index (χ4n) is 3.90. The van der Waals surface area contributed by atoms with Crippen LogP contribution in [0.5, 0.6) is 11.5 Å². The molecule has 4 aromatic rings. The van der Waals surface area contributed by atoms with Crippen LogP contribution in [-0.2, 0) is 10.3 Å². The van der Waals surface area contributed by atoms with Crippen molar-refractivity contribution in [2.75, 3.05) is 0 Å². The Labute approximate surface area is 161 Å². The number of fused-ring (bicyclic) bond motifs is 2. The third-order valence-electron chi connectivity index (χ3n) is 5.10. The van der Waals surface area contributed by atoms with Gasteiger partial charge in [-0.15, -0.1) is 0 Å². The molecule has 0 saturated carbocycles. The summed E-state index contributed by atoms with van der Waals surface area (Å²) in [6.07, 6.45) is -0.966. The van der Waals surface area contributed by atoms with Gasteiger partial charge in [-0.1, -0.05) is 60.7 Å². The van der Waals surface area contributed by atoms with Crippen LogP contribution in [0.25, 0.3) is 21.5 Å². The molecule has 0 aliphatic rings. The highest BCUT2D eigenvalue weighted by molar-refractivity contribution is 5.94. The van der Waals surface area contributed by atoms with Gasteiger partial charge in [0.15, 0.2) is 5.60 Å². The van der Waals surface area contributed by atoms with Gasteiger partial charge in [0, 0.05) is 16.5 Å². The molecule has 4 N–H and O–H groups in total. The molecular weight excluding hydrogens is 354 g/mol. The quantitative estimate of drug-likeness (QED) is 0.482. The van der Waals surface area contributed by atoms with Crippen molar-refractivity contribution in [3.63, 3.8) is 0 Å². The average Bonchev–Trinajstić information content (AvgIpc) is 2.67. The van der Waals surface area contributed by atoms with E-state index in [0.717, 1.165) is 10.8 Å². The van der Waals surface area contributed by atoms with Gasteiger partial charge in [-0.05, 0) is 35.2 Å². The second-order valence-electron chi connectivity index (χ2n) is 6.81. The molecule has 0 spiro atoms. The summed E-state index contributed by atoms with van der Waals surface area (Å²) in [5, 5.41) is 24.0. The van der Waals surface area contributed by atoms with E-state index >= 15 is 0 Å². The van der Waals surface area contributed by atoms with Crippen LogP contribution >= 0.6 is 0 Å². The smallest absolute Gasteiger partial charge is 0.405 e. The first-order valence-electron chi connectivity index (χ1n) is 8.82. The fraction of sp³-hybridized carbons (Fsp3) is 0.0870. The Morgan fingerprint density at radius 3 is 2.14 bits per heavy atom. The number of carbonyl (C=O) groups is 1. The van der Waals surface area contributed by atoms with Crippen LogP contribution in [-0.4, -0.2) is 16.3 Å².